The molecule has 0 heterocycles. The molecule has 0 bridgehead atoms. The molecule has 1 amide bonds. The Kier molecular flexibility index (Phi) is 8.44. The maximum absolute atomic E-state index is 12.5. The van der Waals surface area contributed by atoms with Gasteiger partial charge in [-0.3, -0.25) is 4.79 Å². The van der Waals surface area contributed by atoms with Gasteiger partial charge in [-0.15, -0.1) is 0 Å². The fraction of sp³-hybridized carbons (Fsp3) is 0.0833. The van der Waals surface area contributed by atoms with Gasteiger partial charge >= 0.3 is 0 Å². The molecule has 0 saturated carbocycles. The first-order chi connectivity index (χ1) is 15.3. The minimum absolute atomic E-state index is 0.110. The van der Waals surface area contributed by atoms with Crippen LogP contribution in [0.25, 0.3) is 6.08 Å². The second-order valence-corrected chi connectivity index (χ2v) is 9.28. The van der Waals surface area contributed by atoms with Gasteiger partial charge in [-0.05, 0) is 88.7 Å². The fourth-order valence-electron chi connectivity index (χ4n) is 2.72. The summed E-state index contributed by atoms with van der Waals surface area (Å²) in [6.07, 6.45) is 1.41. The zero-order chi connectivity index (χ0) is 23.3. The van der Waals surface area contributed by atoms with Gasteiger partial charge in [0.05, 0.1) is 10.0 Å². The Hall–Kier alpha value is -2.24. The summed E-state index contributed by atoms with van der Waals surface area (Å²) in [6.45, 7) is 2.16. The first-order valence-corrected chi connectivity index (χ1v) is 11.5. The van der Waals surface area contributed by atoms with E-state index in [0.717, 1.165) is 14.7 Å². The van der Waals surface area contributed by atoms with Crippen molar-refractivity contribution in [2.45, 2.75) is 13.5 Å². The predicted octanol–water partition coefficient (Wildman–Crippen LogP) is 7.68. The predicted molar refractivity (Wildman–Crippen MR) is 138 cm³/mol. The van der Waals surface area contributed by atoms with Crippen LogP contribution >= 0.6 is 57.4 Å². The van der Waals surface area contributed by atoms with Gasteiger partial charge in [0.2, 0.25) is 0 Å². The monoisotopic (exact) mass is 596 g/mol. The molecule has 0 unspecified atom stereocenters. The van der Waals surface area contributed by atoms with Crippen molar-refractivity contribution in [3.8, 4) is 11.8 Å². The lowest BCUT2D eigenvalue weighted by Gasteiger charge is -2.11. The van der Waals surface area contributed by atoms with Crippen LogP contribution in [0, 0.1) is 21.8 Å². The number of halogens is 4. The van der Waals surface area contributed by atoms with Gasteiger partial charge in [0.1, 0.15) is 18.2 Å². The second-order valence-electron chi connectivity index (χ2n) is 6.82. The maximum Gasteiger partial charge on any atom is 0.266 e. The number of benzene rings is 3. The third-order valence-corrected chi connectivity index (χ3v) is 6.11. The average Bonchev–Trinajstić information content (AvgIpc) is 2.75. The van der Waals surface area contributed by atoms with Crippen molar-refractivity contribution < 1.29 is 9.53 Å². The quantitative estimate of drug-likeness (QED) is 0.180. The first-order valence-electron chi connectivity index (χ1n) is 9.32. The molecule has 32 heavy (non-hydrogen) atoms. The molecule has 0 aromatic heterocycles. The normalized spacial score (nSPS) is 11.1. The SMILES string of the molecule is Cc1ccc(NC(=O)/C(C#N)=C\c2cc(Cl)c(OCc3ccc(I)cc3)c(Cl)c2)cc1Cl. The number of nitriles is 1. The minimum atomic E-state index is -0.571. The van der Waals surface area contributed by atoms with E-state index in [9.17, 15) is 10.1 Å². The molecule has 3 aromatic carbocycles. The number of nitrogens with one attached hydrogen (secondary N) is 1. The van der Waals surface area contributed by atoms with E-state index in [1.165, 1.54) is 6.08 Å². The number of ether oxygens (including phenoxy) is 1. The van der Waals surface area contributed by atoms with Crippen molar-refractivity contribution in [3.05, 3.63) is 95.5 Å². The molecular formula is C24H16Cl3IN2O2. The molecule has 4 nitrogen and oxygen atoms in total. The van der Waals surface area contributed by atoms with Gasteiger partial charge in [0.15, 0.2) is 5.75 Å². The largest absolute Gasteiger partial charge is 0.486 e. The molecule has 0 spiro atoms. The van der Waals surface area contributed by atoms with Crippen LogP contribution in [0.15, 0.2) is 60.2 Å². The molecule has 3 aromatic rings. The summed E-state index contributed by atoms with van der Waals surface area (Å²) in [7, 11) is 0. The Morgan fingerprint density at radius 2 is 1.72 bits per heavy atom. The lowest BCUT2D eigenvalue weighted by molar-refractivity contribution is -0.112. The number of hydrogen-bond donors (Lipinski definition) is 1. The highest BCUT2D eigenvalue weighted by Gasteiger charge is 2.14. The van der Waals surface area contributed by atoms with E-state index < -0.39 is 5.91 Å². The molecule has 8 heteroatoms. The Bertz CT molecular complexity index is 1210. The molecule has 0 aliphatic carbocycles. The maximum atomic E-state index is 12.5. The van der Waals surface area contributed by atoms with Crippen LogP contribution in [0.2, 0.25) is 15.1 Å². The standard InChI is InChI=1S/C24H16Cl3IN2O2/c1-14-2-7-19(11-20(14)25)30-24(31)17(12-29)8-16-9-21(26)23(22(27)10-16)32-13-15-3-5-18(28)6-4-15/h2-11H,13H2,1H3,(H,30,31)/b17-8-. The Morgan fingerprint density at radius 3 is 2.31 bits per heavy atom. The zero-order valence-corrected chi connectivity index (χ0v) is 21.2. The first kappa shape index (κ1) is 24.4. The van der Waals surface area contributed by atoms with Gasteiger partial charge in [-0.1, -0.05) is 53.0 Å². The van der Waals surface area contributed by atoms with Gasteiger partial charge in [0, 0.05) is 14.3 Å². The summed E-state index contributed by atoms with van der Waals surface area (Å²) in [6, 6.07) is 18.1. The van der Waals surface area contributed by atoms with E-state index in [4.69, 9.17) is 39.5 Å². The van der Waals surface area contributed by atoms with E-state index in [-0.39, 0.29) is 15.6 Å². The number of amides is 1. The second kappa shape index (κ2) is 11.1. The molecule has 0 aliphatic heterocycles. The third kappa shape index (κ3) is 6.39. The average molecular weight is 598 g/mol. The topological polar surface area (TPSA) is 62.1 Å². The van der Waals surface area contributed by atoms with Gasteiger partial charge in [-0.2, -0.15) is 5.26 Å². The Balaban J connectivity index is 1.77. The number of hydrogen-bond acceptors (Lipinski definition) is 3. The van der Waals surface area contributed by atoms with Crippen LogP contribution in [0.1, 0.15) is 16.7 Å². The van der Waals surface area contributed by atoms with Gasteiger partial charge < -0.3 is 10.1 Å². The van der Waals surface area contributed by atoms with Crippen molar-refractivity contribution in [1.82, 2.24) is 0 Å². The molecule has 0 atom stereocenters. The zero-order valence-electron chi connectivity index (χ0n) is 16.8. The van der Waals surface area contributed by atoms with Crippen molar-refractivity contribution in [2.75, 3.05) is 5.32 Å². The number of nitrogens with zero attached hydrogens (tertiary/aromatic N) is 1. The highest BCUT2D eigenvalue weighted by Crippen LogP contribution is 2.35. The van der Waals surface area contributed by atoms with Crippen LogP contribution in [0.3, 0.4) is 0 Å². The summed E-state index contributed by atoms with van der Waals surface area (Å²) in [4.78, 5) is 12.5. The lowest BCUT2D eigenvalue weighted by Crippen LogP contribution is -2.13. The highest BCUT2D eigenvalue weighted by molar-refractivity contribution is 14.1. The number of rotatable bonds is 6. The van der Waals surface area contributed by atoms with Crippen LogP contribution in [-0.4, -0.2) is 5.91 Å². The van der Waals surface area contributed by atoms with Crippen molar-refractivity contribution in [3.63, 3.8) is 0 Å². The number of aryl methyl sites for hydroxylation is 1. The van der Waals surface area contributed by atoms with E-state index in [0.29, 0.717) is 28.6 Å². The Labute approximate surface area is 214 Å². The summed E-state index contributed by atoms with van der Waals surface area (Å²) in [5, 5.41) is 13.2. The van der Waals surface area contributed by atoms with Gasteiger partial charge in [-0.25, -0.2) is 0 Å². The van der Waals surface area contributed by atoms with Crippen molar-refractivity contribution >= 4 is 75.1 Å². The molecule has 162 valence electrons. The molecule has 0 saturated heterocycles. The van der Waals surface area contributed by atoms with Crippen LogP contribution < -0.4 is 10.1 Å². The molecule has 0 aliphatic rings. The third-order valence-electron chi connectivity index (χ3n) is 4.42. The summed E-state index contributed by atoms with van der Waals surface area (Å²) >= 11 is 21.0. The van der Waals surface area contributed by atoms with E-state index >= 15 is 0 Å². The minimum Gasteiger partial charge on any atom is -0.486 e. The van der Waals surface area contributed by atoms with Crippen LogP contribution in [0.4, 0.5) is 5.69 Å². The molecule has 0 fully saturated rings. The van der Waals surface area contributed by atoms with Gasteiger partial charge in [0.25, 0.3) is 5.91 Å². The van der Waals surface area contributed by atoms with E-state index in [1.807, 2.05) is 37.3 Å². The highest BCUT2D eigenvalue weighted by atomic mass is 127. The van der Waals surface area contributed by atoms with E-state index in [1.54, 1.807) is 30.3 Å². The number of carbonyl (C=O) groups excluding carboxylic acids is 1. The summed E-state index contributed by atoms with van der Waals surface area (Å²) in [5.74, 6) is -0.236. The lowest BCUT2D eigenvalue weighted by atomic mass is 10.1. The number of anilines is 1. The Morgan fingerprint density at radius 1 is 1.06 bits per heavy atom. The van der Waals surface area contributed by atoms with Crippen molar-refractivity contribution in [1.29, 1.82) is 5.26 Å². The van der Waals surface area contributed by atoms with Crippen LogP contribution in [-0.2, 0) is 11.4 Å². The van der Waals surface area contributed by atoms with Crippen molar-refractivity contribution in [2.24, 2.45) is 0 Å². The van der Waals surface area contributed by atoms with E-state index in [2.05, 4.69) is 27.9 Å². The summed E-state index contributed by atoms with van der Waals surface area (Å²) < 4.78 is 6.91. The smallest absolute Gasteiger partial charge is 0.266 e. The number of carbonyl (C=O) groups is 1. The fourth-order valence-corrected chi connectivity index (χ4v) is 3.87. The summed E-state index contributed by atoms with van der Waals surface area (Å²) in [5.41, 5.74) is 2.73. The molecular weight excluding hydrogens is 582 g/mol. The molecule has 1 N–H and O–H groups in total. The molecule has 3 rings (SSSR count). The molecule has 0 radical (unpaired) electrons. The van der Waals surface area contributed by atoms with Crippen LogP contribution in [0.5, 0.6) is 5.75 Å².